The van der Waals surface area contributed by atoms with Gasteiger partial charge in [0, 0.05) is 19.0 Å². The molecule has 0 aliphatic carbocycles. The highest BCUT2D eigenvalue weighted by molar-refractivity contribution is 6.40. The molecular weight excluding hydrogens is 408 g/mol. The molecule has 4 N–H and O–H groups in total. The average Bonchev–Trinajstić information content (AvgIpc) is 3.43. The number of aryl methyl sites for hydroxylation is 1. The van der Waals surface area contributed by atoms with Crippen LogP contribution in [0, 0.1) is 5.92 Å². The second-order valence-corrected chi connectivity index (χ2v) is 8.37. The Morgan fingerprint density at radius 2 is 2.03 bits per heavy atom. The number of likely N-dealkylation sites (tertiary alicyclic amines) is 1. The molecule has 1 aromatic carbocycles. The summed E-state index contributed by atoms with van der Waals surface area (Å²) in [5, 5.41) is 15.4. The third-order valence-corrected chi connectivity index (χ3v) is 6.22. The lowest BCUT2D eigenvalue weighted by Gasteiger charge is -2.38. The molecule has 2 atom stereocenters. The number of nitrogens with two attached hydrogens (primary N) is 1. The number of H-pyrrole nitrogens is 1. The van der Waals surface area contributed by atoms with E-state index in [1.54, 1.807) is 4.90 Å². The van der Waals surface area contributed by atoms with Gasteiger partial charge in [-0.1, -0.05) is 19.1 Å². The first-order chi connectivity index (χ1) is 15.4. The molecule has 1 aliphatic heterocycles. The van der Waals surface area contributed by atoms with Gasteiger partial charge >= 0.3 is 11.8 Å². The fraction of sp³-hybridized carbons (Fsp3) is 0.318. The highest BCUT2D eigenvalue weighted by atomic mass is 16.2. The molecule has 5 rings (SSSR count). The van der Waals surface area contributed by atoms with Crippen molar-refractivity contribution in [2.75, 3.05) is 17.6 Å². The Balaban J connectivity index is 1.46. The maximum absolute atomic E-state index is 13.3. The van der Waals surface area contributed by atoms with Crippen LogP contribution in [0.1, 0.15) is 31.4 Å². The number of rotatable bonds is 2. The molecule has 0 saturated carbocycles. The molecule has 10 nitrogen and oxygen atoms in total. The normalized spacial score (nSPS) is 18.9. The van der Waals surface area contributed by atoms with Gasteiger partial charge in [0.1, 0.15) is 5.82 Å². The predicted molar refractivity (Wildman–Crippen MR) is 120 cm³/mol. The number of fused-ring (bicyclic) bond motifs is 2. The van der Waals surface area contributed by atoms with Gasteiger partial charge in [-0.25, -0.2) is 4.98 Å². The van der Waals surface area contributed by atoms with Crippen molar-refractivity contribution in [3.63, 3.8) is 0 Å². The molecule has 0 radical (unpaired) electrons. The Hall–Kier alpha value is -3.95. The molecule has 2 amide bonds. The van der Waals surface area contributed by atoms with Crippen LogP contribution < -0.4 is 11.1 Å². The Bertz CT molecular complexity index is 1340. The van der Waals surface area contributed by atoms with Crippen LogP contribution in [0.25, 0.3) is 21.8 Å². The lowest BCUT2D eigenvalue weighted by atomic mass is 9.88. The molecule has 0 bridgehead atoms. The van der Waals surface area contributed by atoms with Gasteiger partial charge in [-0.15, -0.1) is 0 Å². The number of aromatic amines is 1. The maximum Gasteiger partial charge on any atom is 0.314 e. The number of aromatic nitrogens is 5. The van der Waals surface area contributed by atoms with Crippen LogP contribution in [0.4, 0.5) is 11.5 Å². The number of carbonyl (C=O) groups is 2. The molecular formula is C22H24N8O2. The van der Waals surface area contributed by atoms with Crippen LogP contribution in [0.2, 0.25) is 0 Å². The van der Waals surface area contributed by atoms with E-state index in [9.17, 15) is 9.59 Å². The summed E-state index contributed by atoms with van der Waals surface area (Å²) in [5.41, 5.74) is 8.75. The number of carbonyl (C=O) groups excluding carboxylic acids is 2. The Morgan fingerprint density at radius 1 is 1.19 bits per heavy atom. The van der Waals surface area contributed by atoms with E-state index in [-0.39, 0.29) is 6.04 Å². The Labute approximate surface area is 183 Å². The number of nitrogens with one attached hydrogen (secondary N) is 2. The average molecular weight is 432 g/mol. The zero-order valence-electron chi connectivity index (χ0n) is 17.9. The number of piperidine rings is 1. The van der Waals surface area contributed by atoms with Crippen LogP contribution in [0.5, 0.6) is 0 Å². The number of amides is 2. The third kappa shape index (κ3) is 3.24. The molecule has 164 valence electrons. The van der Waals surface area contributed by atoms with Crippen molar-refractivity contribution in [2.24, 2.45) is 13.0 Å². The first kappa shape index (κ1) is 20.0. The summed E-state index contributed by atoms with van der Waals surface area (Å²) in [7, 11) is 1.89. The standard InChI is InChI=1S/C22H24N8O2/c1-12-6-7-18(13-4-3-5-17-14(13)9-26-29(17)2)30(11-12)22(32)21(31)27-16-10-24-20(23)15-8-25-28-19(15)16/h3-5,8-10,12,18H,6-7,11H2,1-2H3,(H2,23,24)(H,25,28)(H,27,31)/t12-,18+/m0/s1. The molecule has 3 aromatic heterocycles. The number of pyridine rings is 1. The number of hydrogen-bond acceptors (Lipinski definition) is 6. The van der Waals surface area contributed by atoms with E-state index < -0.39 is 11.8 Å². The molecule has 0 spiro atoms. The zero-order valence-corrected chi connectivity index (χ0v) is 17.9. The van der Waals surface area contributed by atoms with Crippen LogP contribution >= 0.6 is 0 Å². The highest BCUT2D eigenvalue weighted by Gasteiger charge is 2.35. The third-order valence-electron chi connectivity index (χ3n) is 6.22. The number of nitrogens with zero attached hydrogens (tertiary/aromatic N) is 5. The van der Waals surface area contributed by atoms with Gasteiger partial charge in [-0.3, -0.25) is 19.4 Å². The monoisotopic (exact) mass is 432 g/mol. The summed E-state index contributed by atoms with van der Waals surface area (Å²) in [4.78, 5) is 32.1. The van der Waals surface area contributed by atoms with Crippen molar-refractivity contribution in [2.45, 2.75) is 25.8 Å². The summed E-state index contributed by atoms with van der Waals surface area (Å²) in [5.74, 6) is -0.696. The lowest BCUT2D eigenvalue weighted by molar-refractivity contribution is -0.146. The number of hydrogen-bond donors (Lipinski definition) is 3. The van der Waals surface area contributed by atoms with Crippen molar-refractivity contribution < 1.29 is 9.59 Å². The second kappa shape index (κ2) is 7.63. The van der Waals surface area contributed by atoms with Gasteiger partial charge in [0.15, 0.2) is 0 Å². The molecule has 4 heterocycles. The van der Waals surface area contributed by atoms with Gasteiger partial charge in [0.05, 0.1) is 46.7 Å². The van der Waals surface area contributed by atoms with E-state index >= 15 is 0 Å². The van der Waals surface area contributed by atoms with Crippen LogP contribution in [0.15, 0.2) is 36.8 Å². The van der Waals surface area contributed by atoms with Crippen molar-refractivity contribution >= 4 is 45.1 Å². The van der Waals surface area contributed by atoms with Gasteiger partial charge in [0.2, 0.25) is 0 Å². The molecule has 1 fully saturated rings. The summed E-state index contributed by atoms with van der Waals surface area (Å²) < 4.78 is 1.81. The van der Waals surface area contributed by atoms with Crippen LogP contribution in [-0.4, -0.2) is 48.2 Å². The summed E-state index contributed by atoms with van der Waals surface area (Å²) in [6, 6.07) is 5.78. The topological polar surface area (TPSA) is 135 Å². The van der Waals surface area contributed by atoms with Crippen molar-refractivity contribution in [1.82, 2.24) is 29.9 Å². The fourth-order valence-corrected chi connectivity index (χ4v) is 4.55. The van der Waals surface area contributed by atoms with E-state index in [0.717, 1.165) is 29.3 Å². The minimum atomic E-state index is -0.718. The van der Waals surface area contributed by atoms with Crippen molar-refractivity contribution in [1.29, 1.82) is 0 Å². The molecule has 1 aliphatic rings. The van der Waals surface area contributed by atoms with E-state index in [1.165, 1.54) is 12.4 Å². The largest absolute Gasteiger partial charge is 0.383 e. The zero-order chi connectivity index (χ0) is 22.4. The quantitative estimate of drug-likeness (QED) is 0.416. The summed E-state index contributed by atoms with van der Waals surface area (Å²) in [6.07, 6.45) is 6.53. The minimum absolute atomic E-state index is 0.200. The van der Waals surface area contributed by atoms with Gasteiger partial charge < -0.3 is 16.0 Å². The van der Waals surface area contributed by atoms with E-state index in [4.69, 9.17) is 5.73 Å². The van der Waals surface area contributed by atoms with Crippen molar-refractivity contribution in [3.8, 4) is 0 Å². The number of anilines is 2. The maximum atomic E-state index is 13.3. The second-order valence-electron chi connectivity index (χ2n) is 8.37. The SMILES string of the molecule is C[C@H]1CC[C@H](c2cccc3c2cnn3C)N(C(=O)C(=O)Nc2cnc(N)c3cn[nH]c23)C1. The fourth-order valence-electron chi connectivity index (χ4n) is 4.55. The van der Waals surface area contributed by atoms with E-state index in [2.05, 4.69) is 32.5 Å². The van der Waals surface area contributed by atoms with Gasteiger partial charge in [-0.05, 0) is 30.4 Å². The first-order valence-electron chi connectivity index (χ1n) is 10.5. The van der Waals surface area contributed by atoms with E-state index in [1.807, 2.05) is 36.1 Å². The van der Waals surface area contributed by atoms with Gasteiger partial charge in [-0.2, -0.15) is 10.2 Å². The molecule has 0 unspecified atom stereocenters. The van der Waals surface area contributed by atoms with Crippen LogP contribution in [0.3, 0.4) is 0 Å². The Morgan fingerprint density at radius 3 is 2.88 bits per heavy atom. The highest BCUT2D eigenvalue weighted by Crippen LogP contribution is 2.37. The Kier molecular flexibility index (Phi) is 4.76. The number of nitrogen functional groups attached to an aromatic ring is 1. The van der Waals surface area contributed by atoms with E-state index in [0.29, 0.717) is 34.9 Å². The molecule has 32 heavy (non-hydrogen) atoms. The van der Waals surface area contributed by atoms with Crippen molar-refractivity contribution in [3.05, 3.63) is 42.4 Å². The summed E-state index contributed by atoms with van der Waals surface area (Å²) in [6.45, 7) is 2.60. The molecule has 1 saturated heterocycles. The number of benzene rings is 1. The molecule has 4 aromatic rings. The minimum Gasteiger partial charge on any atom is -0.383 e. The van der Waals surface area contributed by atoms with Crippen LogP contribution in [-0.2, 0) is 16.6 Å². The predicted octanol–water partition coefficient (Wildman–Crippen LogP) is 2.37. The summed E-state index contributed by atoms with van der Waals surface area (Å²) >= 11 is 0. The van der Waals surface area contributed by atoms with Gasteiger partial charge in [0.25, 0.3) is 0 Å². The first-order valence-corrected chi connectivity index (χ1v) is 10.5. The molecule has 10 heteroatoms. The smallest absolute Gasteiger partial charge is 0.314 e. The lowest BCUT2D eigenvalue weighted by Crippen LogP contribution is -2.46.